The van der Waals surface area contributed by atoms with Crippen LogP contribution in [0.5, 0.6) is 0 Å². The molecule has 0 aliphatic heterocycles. The van der Waals surface area contributed by atoms with Gasteiger partial charge in [-0.2, -0.15) is 0 Å². The highest BCUT2D eigenvalue weighted by Crippen LogP contribution is 2.16. The second-order valence-electron chi connectivity index (χ2n) is 4.44. The minimum Gasteiger partial charge on any atom is -0.465 e. The molecular formula is C12H21NO3S. The lowest BCUT2D eigenvalue weighted by atomic mass is 10.2. The van der Waals surface area contributed by atoms with Crippen molar-refractivity contribution in [3.8, 4) is 0 Å². The summed E-state index contributed by atoms with van der Waals surface area (Å²) in [6, 6.07) is 3.75. The summed E-state index contributed by atoms with van der Waals surface area (Å²) in [6.45, 7) is 7.40. The van der Waals surface area contributed by atoms with Crippen LogP contribution in [0.25, 0.3) is 0 Å². The molecule has 0 aliphatic rings. The number of furan rings is 1. The molecule has 0 radical (unpaired) electrons. The van der Waals surface area contributed by atoms with Gasteiger partial charge >= 0.3 is 0 Å². The van der Waals surface area contributed by atoms with Crippen LogP contribution in [0.2, 0.25) is 0 Å². The van der Waals surface area contributed by atoms with Crippen molar-refractivity contribution in [2.45, 2.75) is 39.8 Å². The molecule has 2 unspecified atom stereocenters. The van der Waals surface area contributed by atoms with E-state index in [1.165, 1.54) is 0 Å². The Labute approximate surface area is 103 Å². The number of nitrogens with one attached hydrogen (secondary N) is 1. The van der Waals surface area contributed by atoms with Gasteiger partial charge in [0.25, 0.3) is 0 Å². The molecule has 0 aliphatic carbocycles. The van der Waals surface area contributed by atoms with Crippen LogP contribution in [0, 0.1) is 6.92 Å². The molecule has 0 amide bonds. The van der Waals surface area contributed by atoms with Gasteiger partial charge in [0, 0.05) is 11.8 Å². The summed E-state index contributed by atoms with van der Waals surface area (Å²) in [7, 11) is -2.93. The maximum atomic E-state index is 11.5. The van der Waals surface area contributed by atoms with Crippen LogP contribution in [-0.4, -0.2) is 26.0 Å². The number of rotatable bonds is 6. The predicted molar refractivity (Wildman–Crippen MR) is 68.8 cm³/mol. The molecule has 0 bridgehead atoms. The smallest absolute Gasteiger partial charge is 0.151 e. The van der Waals surface area contributed by atoms with Crippen molar-refractivity contribution in [2.24, 2.45) is 0 Å². The summed E-state index contributed by atoms with van der Waals surface area (Å²) in [5, 5.41) is 3.23. The third kappa shape index (κ3) is 4.52. The minimum atomic E-state index is -2.93. The van der Waals surface area contributed by atoms with Crippen LogP contribution < -0.4 is 5.32 Å². The second-order valence-corrected chi connectivity index (χ2v) is 6.83. The SMILES string of the molecule is CCS(=O)(=O)CC(C)NC(C)c1ccc(C)o1. The molecule has 0 saturated carbocycles. The molecule has 1 heterocycles. The van der Waals surface area contributed by atoms with Crippen molar-refractivity contribution < 1.29 is 12.8 Å². The molecule has 0 aromatic carbocycles. The average molecular weight is 259 g/mol. The van der Waals surface area contributed by atoms with E-state index in [0.717, 1.165) is 11.5 Å². The number of hydrogen-bond donors (Lipinski definition) is 1. The lowest BCUT2D eigenvalue weighted by molar-refractivity contribution is 0.397. The summed E-state index contributed by atoms with van der Waals surface area (Å²) in [4.78, 5) is 0. The fraction of sp³-hybridized carbons (Fsp3) is 0.667. The summed E-state index contributed by atoms with van der Waals surface area (Å²) in [6.07, 6.45) is 0. The van der Waals surface area contributed by atoms with E-state index >= 15 is 0 Å². The summed E-state index contributed by atoms with van der Waals surface area (Å²) < 4.78 is 28.4. The molecule has 0 fully saturated rings. The Kier molecular flexibility index (Phi) is 4.77. The minimum absolute atomic E-state index is 0.0192. The quantitative estimate of drug-likeness (QED) is 0.849. The molecule has 0 spiro atoms. The van der Waals surface area contributed by atoms with Gasteiger partial charge in [0.15, 0.2) is 9.84 Å². The predicted octanol–water partition coefficient (Wildman–Crippen LogP) is 2.06. The van der Waals surface area contributed by atoms with Crippen molar-refractivity contribution in [1.29, 1.82) is 0 Å². The standard InChI is InChI=1S/C12H21NO3S/c1-5-17(14,15)8-9(2)13-11(4)12-7-6-10(3)16-12/h6-7,9,11,13H,5,8H2,1-4H3. The van der Waals surface area contributed by atoms with Gasteiger partial charge in [-0.3, -0.25) is 0 Å². The van der Waals surface area contributed by atoms with Gasteiger partial charge in [-0.25, -0.2) is 8.42 Å². The van der Waals surface area contributed by atoms with Crippen molar-refractivity contribution in [3.05, 3.63) is 23.7 Å². The van der Waals surface area contributed by atoms with E-state index in [2.05, 4.69) is 5.32 Å². The molecular weight excluding hydrogens is 238 g/mol. The van der Waals surface area contributed by atoms with Crippen LogP contribution in [0.3, 0.4) is 0 Å². The van der Waals surface area contributed by atoms with Gasteiger partial charge in [-0.05, 0) is 32.9 Å². The van der Waals surface area contributed by atoms with Crippen molar-refractivity contribution in [2.75, 3.05) is 11.5 Å². The van der Waals surface area contributed by atoms with Gasteiger partial charge in [-0.1, -0.05) is 6.92 Å². The summed E-state index contributed by atoms with van der Waals surface area (Å²) in [5.41, 5.74) is 0. The first-order valence-electron chi connectivity index (χ1n) is 5.87. The number of aryl methyl sites for hydroxylation is 1. The highest BCUT2D eigenvalue weighted by molar-refractivity contribution is 7.91. The maximum absolute atomic E-state index is 11.5. The zero-order chi connectivity index (χ0) is 13.1. The zero-order valence-electron chi connectivity index (χ0n) is 10.9. The molecule has 1 aromatic heterocycles. The fourth-order valence-corrected chi connectivity index (χ4v) is 2.84. The Balaban J connectivity index is 2.54. The van der Waals surface area contributed by atoms with Crippen molar-refractivity contribution in [1.82, 2.24) is 5.32 Å². The molecule has 5 heteroatoms. The van der Waals surface area contributed by atoms with E-state index in [1.54, 1.807) is 6.92 Å². The first-order valence-corrected chi connectivity index (χ1v) is 7.69. The number of sulfone groups is 1. The van der Waals surface area contributed by atoms with Crippen LogP contribution in [0.4, 0.5) is 0 Å². The first-order chi connectivity index (χ1) is 7.84. The van der Waals surface area contributed by atoms with Gasteiger partial charge < -0.3 is 9.73 Å². The highest BCUT2D eigenvalue weighted by atomic mass is 32.2. The van der Waals surface area contributed by atoms with Gasteiger partial charge in [0.2, 0.25) is 0 Å². The third-order valence-corrected chi connectivity index (χ3v) is 4.55. The van der Waals surface area contributed by atoms with Crippen LogP contribution in [0.1, 0.15) is 38.3 Å². The van der Waals surface area contributed by atoms with Crippen LogP contribution in [-0.2, 0) is 9.84 Å². The second kappa shape index (κ2) is 5.69. The van der Waals surface area contributed by atoms with Crippen LogP contribution >= 0.6 is 0 Å². The van der Waals surface area contributed by atoms with E-state index in [9.17, 15) is 8.42 Å². The molecule has 1 N–H and O–H groups in total. The topological polar surface area (TPSA) is 59.3 Å². The van der Waals surface area contributed by atoms with Gasteiger partial charge in [0.05, 0.1) is 11.8 Å². The monoisotopic (exact) mass is 259 g/mol. The molecule has 2 atom stereocenters. The van der Waals surface area contributed by atoms with E-state index < -0.39 is 9.84 Å². The first kappa shape index (κ1) is 14.3. The Hall–Kier alpha value is -0.810. The molecule has 4 nitrogen and oxygen atoms in total. The summed E-state index contributed by atoms with van der Waals surface area (Å²) >= 11 is 0. The van der Waals surface area contributed by atoms with Crippen LogP contribution in [0.15, 0.2) is 16.5 Å². The fourth-order valence-electron chi connectivity index (χ4n) is 1.74. The molecule has 1 aromatic rings. The average Bonchev–Trinajstić information content (AvgIpc) is 2.64. The van der Waals surface area contributed by atoms with Crippen molar-refractivity contribution in [3.63, 3.8) is 0 Å². The molecule has 1 rings (SSSR count). The van der Waals surface area contributed by atoms with E-state index in [1.807, 2.05) is 32.9 Å². The lowest BCUT2D eigenvalue weighted by Crippen LogP contribution is -2.35. The van der Waals surface area contributed by atoms with Gasteiger partial charge in [0.1, 0.15) is 11.5 Å². The van der Waals surface area contributed by atoms with Crippen molar-refractivity contribution >= 4 is 9.84 Å². The van der Waals surface area contributed by atoms with E-state index in [0.29, 0.717) is 0 Å². The lowest BCUT2D eigenvalue weighted by Gasteiger charge is -2.18. The third-order valence-electron chi connectivity index (χ3n) is 2.67. The van der Waals surface area contributed by atoms with E-state index in [4.69, 9.17) is 4.42 Å². The largest absolute Gasteiger partial charge is 0.465 e. The van der Waals surface area contributed by atoms with E-state index in [-0.39, 0.29) is 23.6 Å². The Morgan fingerprint density at radius 2 is 2.00 bits per heavy atom. The van der Waals surface area contributed by atoms with Gasteiger partial charge in [-0.15, -0.1) is 0 Å². The highest BCUT2D eigenvalue weighted by Gasteiger charge is 2.17. The normalized spacial score (nSPS) is 15.8. The maximum Gasteiger partial charge on any atom is 0.151 e. The molecule has 0 saturated heterocycles. The summed E-state index contributed by atoms with van der Waals surface area (Å²) in [5.74, 6) is 2.05. The Morgan fingerprint density at radius 3 is 2.47 bits per heavy atom. The Bertz CT molecular complexity index is 450. The Morgan fingerprint density at radius 1 is 1.35 bits per heavy atom. The molecule has 17 heavy (non-hydrogen) atoms. The number of hydrogen-bond acceptors (Lipinski definition) is 4. The zero-order valence-corrected chi connectivity index (χ0v) is 11.7. The molecule has 98 valence electrons.